The molecule has 1 heterocycles. The topological polar surface area (TPSA) is 55.4 Å². The molecule has 0 unspecified atom stereocenters. The van der Waals surface area contributed by atoms with Crippen molar-refractivity contribution in [2.24, 2.45) is 5.92 Å². The van der Waals surface area contributed by atoms with E-state index in [0.717, 1.165) is 6.42 Å². The van der Waals surface area contributed by atoms with Gasteiger partial charge in [0.05, 0.1) is 11.9 Å². The fourth-order valence-corrected chi connectivity index (χ4v) is 4.51. The number of sulfonamides is 1. The highest BCUT2D eigenvalue weighted by Gasteiger charge is 2.35. The Labute approximate surface area is 121 Å². The molecule has 4 nitrogen and oxygen atoms in total. The molecule has 2 atom stereocenters. The van der Waals surface area contributed by atoms with Crippen LogP contribution in [0.1, 0.15) is 24.5 Å². The molecule has 0 saturated carbocycles. The molecule has 2 rings (SSSR count). The quantitative estimate of drug-likeness (QED) is 0.903. The third kappa shape index (κ3) is 3.59. The van der Waals surface area contributed by atoms with Crippen LogP contribution in [0.15, 0.2) is 24.3 Å². The number of rotatable bonds is 5. The van der Waals surface area contributed by atoms with Gasteiger partial charge in [-0.15, -0.1) is 0 Å². The van der Waals surface area contributed by atoms with Crippen molar-refractivity contribution >= 4 is 10.0 Å². The third-order valence-corrected chi connectivity index (χ3v) is 6.00. The second-order valence-electron chi connectivity index (χ2n) is 5.34. The lowest BCUT2D eigenvalue weighted by Gasteiger charge is -2.31. The summed E-state index contributed by atoms with van der Waals surface area (Å²) in [7, 11) is -3.25. The van der Waals surface area contributed by atoms with Crippen molar-refractivity contribution < 1.29 is 13.2 Å². The van der Waals surface area contributed by atoms with Gasteiger partial charge in [0.25, 0.3) is 0 Å². The number of hydrogen-bond donors (Lipinski definition) is 1. The first kappa shape index (κ1) is 15.5. The minimum absolute atomic E-state index is 0.0221. The third-order valence-electron chi connectivity index (χ3n) is 3.89. The lowest BCUT2D eigenvalue weighted by Crippen LogP contribution is -2.44. The van der Waals surface area contributed by atoms with E-state index in [1.54, 1.807) is 0 Å². The molecule has 5 heteroatoms. The summed E-state index contributed by atoms with van der Waals surface area (Å²) in [6.07, 6.45) is 1.33. The summed E-state index contributed by atoms with van der Waals surface area (Å²) in [4.78, 5) is 0. The van der Waals surface area contributed by atoms with Crippen LogP contribution in [-0.4, -0.2) is 33.4 Å². The second-order valence-corrected chi connectivity index (χ2v) is 7.32. The molecule has 1 aliphatic rings. The summed E-state index contributed by atoms with van der Waals surface area (Å²) >= 11 is 0. The zero-order valence-corrected chi connectivity index (χ0v) is 12.9. The van der Waals surface area contributed by atoms with Crippen molar-refractivity contribution in [2.75, 3.05) is 19.8 Å². The van der Waals surface area contributed by atoms with Gasteiger partial charge < -0.3 is 4.74 Å². The first-order chi connectivity index (χ1) is 9.54. The molecule has 0 aromatic heterocycles. The minimum Gasteiger partial charge on any atom is -0.381 e. The lowest BCUT2D eigenvalue weighted by molar-refractivity contribution is 0.0570. The minimum atomic E-state index is -3.25. The van der Waals surface area contributed by atoms with Crippen molar-refractivity contribution in [3.63, 3.8) is 0 Å². The Kier molecular flexibility index (Phi) is 5.18. The first-order valence-corrected chi connectivity index (χ1v) is 8.70. The maximum Gasteiger partial charge on any atom is 0.214 e. The van der Waals surface area contributed by atoms with Crippen molar-refractivity contribution in [1.82, 2.24) is 4.72 Å². The number of ether oxygens (including phenoxy) is 1. The second kappa shape index (κ2) is 6.70. The van der Waals surface area contributed by atoms with Gasteiger partial charge in [-0.1, -0.05) is 31.2 Å². The van der Waals surface area contributed by atoms with Gasteiger partial charge in [0.15, 0.2) is 0 Å². The Hall–Kier alpha value is -0.910. The van der Waals surface area contributed by atoms with E-state index in [4.69, 9.17) is 4.74 Å². The molecule has 1 aromatic rings. The van der Waals surface area contributed by atoms with Crippen molar-refractivity contribution in [1.29, 1.82) is 0 Å². The van der Waals surface area contributed by atoms with E-state index < -0.39 is 10.0 Å². The molecule has 1 saturated heterocycles. The Morgan fingerprint density at radius 1 is 1.35 bits per heavy atom. The molecule has 0 bridgehead atoms. The Bertz CT molecular complexity index is 542. The molecule has 0 radical (unpaired) electrons. The van der Waals surface area contributed by atoms with Crippen molar-refractivity contribution in [2.45, 2.75) is 31.9 Å². The van der Waals surface area contributed by atoms with Gasteiger partial charge in [0.2, 0.25) is 10.0 Å². The standard InChI is InChI=1S/C15H23NO3S/c1-3-16-20(17,18)15-8-9-19-11-14(15)10-13-7-5-4-6-12(13)2/h4-7,14-16H,3,8-11H2,1-2H3/t14-,15+/m1/s1. The normalized spacial score (nSPS) is 23.7. The molecule has 0 aliphatic carbocycles. The molecule has 20 heavy (non-hydrogen) atoms. The molecular weight excluding hydrogens is 274 g/mol. The summed E-state index contributed by atoms with van der Waals surface area (Å²) < 4.78 is 32.8. The zero-order valence-electron chi connectivity index (χ0n) is 12.1. The van der Waals surface area contributed by atoms with E-state index in [9.17, 15) is 8.42 Å². The summed E-state index contributed by atoms with van der Waals surface area (Å²) in [6.45, 7) is 5.36. The van der Waals surface area contributed by atoms with Crippen LogP contribution < -0.4 is 4.72 Å². The van der Waals surface area contributed by atoms with Gasteiger partial charge >= 0.3 is 0 Å². The van der Waals surface area contributed by atoms with Gasteiger partial charge in [-0.25, -0.2) is 13.1 Å². The van der Waals surface area contributed by atoms with Crippen LogP contribution in [0, 0.1) is 12.8 Å². The number of benzene rings is 1. The smallest absolute Gasteiger partial charge is 0.214 e. The molecule has 112 valence electrons. The number of hydrogen-bond acceptors (Lipinski definition) is 3. The van der Waals surface area contributed by atoms with Crippen LogP contribution >= 0.6 is 0 Å². The van der Waals surface area contributed by atoms with Gasteiger partial charge in [-0.3, -0.25) is 0 Å². The number of aryl methyl sites for hydroxylation is 1. The van der Waals surface area contributed by atoms with E-state index >= 15 is 0 Å². The van der Waals surface area contributed by atoms with Crippen LogP contribution in [0.25, 0.3) is 0 Å². The summed E-state index contributed by atoms with van der Waals surface area (Å²) in [6, 6.07) is 8.14. The van der Waals surface area contributed by atoms with Gasteiger partial charge in [0.1, 0.15) is 0 Å². The Morgan fingerprint density at radius 2 is 2.10 bits per heavy atom. The number of nitrogens with one attached hydrogen (secondary N) is 1. The fraction of sp³-hybridized carbons (Fsp3) is 0.600. The van der Waals surface area contributed by atoms with Gasteiger partial charge in [-0.05, 0) is 30.9 Å². The van der Waals surface area contributed by atoms with Crippen LogP contribution in [0.2, 0.25) is 0 Å². The van der Waals surface area contributed by atoms with Crippen LogP contribution in [-0.2, 0) is 21.2 Å². The summed E-state index contributed by atoms with van der Waals surface area (Å²) in [5, 5.41) is -0.351. The highest BCUT2D eigenvalue weighted by molar-refractivity contribution is 7.90. The highest BCUT2D eigenvalue weighted by Crippen LogP contribution is 2.26. The monoisotopic (exact) mass is 297 g/mol. The van der Waals surface area contributed by atoms with E-state index in [-0.39, 0.29) is 11.2 Å². The van der Waals surface area contributed by atoms with E-state index in [1.165, 1.54) is 11.1 Å². The lowest BCUT2D eigenvalue weighted by atomic mass is 9.91. The molecular formula is C15H23NO3S. The molecule has 1 aromatic carbocycles. The first-order valence-electron chi connectivity index (χ1n) is 7.15. The average Bonchev–Trinajstić information content (AvgIpc) is 2.42. The molecule has 0 amide bonds. The molecule has 1 aliphatic heterocycles. The Morgan fingerprint density at radius 3 is 2.80 bits per heavy atom. The predicted molar refractivity (Wildman–Crippen MR) is 80.2 cm³/mol. The highest BCUT2D eigenvalue weighted by atomic mass is 32.2. The fourth-order valence-electron chi connectivity index (χ4n) is 2.81. The maximum absolute atomic E-state index is 12.3. The van der Waals surface area contributed by atoms with Crippen molar-refractivity contribution in [3.05, 3.63) is 35.4 Å². The van der Waals surface area contributed by atoms with E-state index in [0.29, 0.717) is 26.2 Å². The zero-order chi connectivity index (χ0) is 14.6. The van der Waals surface area contributed by atoms with Crippen LogP contribution in [0.5, 0.6) is 0 Å². The predicted octanol–water partition coefficient (Wildman–Crippen LogP) is 1.88. The van der Waals surface area contributed by atoms with E-state index in [1.807, 2.05) is 19.1 Å². The van der Waals surface area contributed by atoms with Crippen LogP contribution in [0.4, 0.5) is 0 Å². The summed E-state index contributed by atoms with van der Waals surface area (Å²) in [5.41, 5.74) is 2.41. The van der Waals surface area contributed by atoms with Gasteiger partial charge in [0, 0.05) is 19.1 Å². The molecule has 0 spiro atoms. The van der Waals surface area contributed by atoms with E-state index in [2.05, 4.69) is 23.8 Å². The molecule has 1 N–H and O–H groups in total. The summed E-state index contributed by atoms with van der Waals surface area (Å²) in [5.74, 6) is 0.0221. The molecule has 1 fully saturated rings. The Balaban J connectivity index is 2.18. The largest absolute Gasteiger partial charge is 0.381 e. The van der Waals surface area contributed by atoms with Crippen LogP contribution in [0.3, 0.4) is 0 Å². The SMILES string of the molecule is CCNS(=O)(=O)[C@H]1CCOC[C@H]1Cc1ccccc1C. The average molecular weight is 297 g/mol. The maximum atomic E-state index is 12.3. The van der Waals surface area contributed by atoms with Crippen molar-refractivity contribution in [3.8, 4) is 0 Å². The van der Waals surface area contributed by atoms with Gasteiger partial charge in [-0.2, -0.15) is 0 Å².